The molecule has 0 radical (unpaired) electrons. The number of carbonyl (C=O) groups excluding carboxylic acids is 1. The molecule has 1 aromatic heterocycles. The van der Waals surface area contributed by atoms with E-state index in [0.717, 1.165) is 29.8 Å². The van der Waals surface area contributed by atoms with Crippen molar-refractivity contribution in [3.63, 3.8) is 0 Å². The molecule has 0 aliphatic rings. The lowest BCUT2D eigenvalue weighted by molar-refractivity contribution is 0.0323. The van der Waals surface area contributed by atoms with Crippen LogP contribution in [0.2, 0.25) is 5.15 Å². The number of nitrogens with zero attached hydrogens (tertiary/aromatic N) is 2. The highest BCUT2D eigenvalue weighted by atomic mass is 35.5. The van der Waals surface area contributed by atoms with Crippen LogP contribution in [0.15, 0.2) is 30.5 Å². The van der Waals surface area contributed by atoms with E-state index < -0.39 is 11.7 Å². The summed E-state index contributed by atoms with van der Waals surface area (Å²) in [6.07, 6.45) is 3.26. The number of amides is 1. The van der Waals surface area contributed by atoms with Crippen LogP contribution in [0.4, 0.5) is 10.5 Å². The quantitative estimate of drug-likeness (QED) is 0.335. The Balaban J connectivity index is 0.000000363. The second-order valence-electron chi connectivity index (χ2n) is 8.46. The van der Waals surface area contributed by atoms with Crippen molar-refractivity contribution in [3.05, 3.63) is 52.3 Å². The molecule has 1 aromatic carbocycles. The normalized spacial score (nSPS) is 10.6. The van der Waals surface area contributed by atoms with E-state index in [2.05, 4.69) is 11.9 Å². The van der Waals surface area contributed by atoms with Crippen LogP contribution in [0, 0.1) is 12.3 Å². The fraction of sp³-hybridized carbons (Fsp3) is 0.458. The molecule has 2 aromatic rings. The molecule has 2 rings (SSSR count). The number of benzene rings is 1. The molecule has 0 fully saturated rings. The molecule has 0 saturated heterocycles. The fourth-order valence-corrected chi connectivity index (χ4v) is 3.01. The van der Waals surface area contributed by atoms with E-state index in [-0.39, 0.29) is 6.54 Å². The van der Waals surface area contributed by atoms with Crippen LogP contribution >= 0.6 is 11.6 Å². The van der Waals surface area contributed by atoms with Gasteiger partial charge in [-0.15, -0.1) is 0 Å². The summed E-state index contributed by atoms with van der Waals surface area (Å²) in [6.45, 7) is 9.56. The summed E-state index contributed by atoms with van der Waals surface area (Å²) in [4.78, 5) is 17.2. The zero-order valence-corrected chi connectivity index (χ0v) is 20.8. The summed E-state index contributed by atoms with van der Waals surface area (Å²) >= 11 is 5.78. The van der Waals surface area contributed by atoms with Crippen molar-refractivity contribution in [2.75, 3.05) is 26.4 Å². The summed E-state index contributed by atoms with van der Waals surface area (Å²) in [7, 11) is 3.27. The summed E-state index contributed by atoms with van der Waals surface area (Å²) in [6, 6.07) is 7.50. The first-order valence-corrected chi connectivity index (χ1v) is 10.8. The summed E-state index contributed by atoms with van der Waals surface area (Å²) < 4.78 is 10.4. The van der Waals surface area contributed by atoms with E-state index >= 15 is 0 Å². The Morgan fingerprint density at radius 2 is 1.94 bits per heavy atom. The number of halogens is 1. The molecule has 3 N–H and O–H groups in total. The Hall–Kier alpha value is -2.80. The van der Waals surface area contributed by atoms with Gasteiger partial charge in [0.15, 0.2) is 0 Å². The molecule has 8 heteroatoms. The first kappa shape index (κ1) is 27.2. The number of hydrogen-bond acceptors (Lipinski definition) is 6. The van der Waals surface area contributed by atoms with Gasteiger partial charge in [-0.1, -0.05) is 31.0 Å². The standard InChI is InChI=1S/C14H20ClN3O2.C10H15NO/c1-9-6-12(15)17-7-10(9)11(16)8-18(5)13(19)20-14(2,3)4;1-3-4-8-5-6-9(11)7-10(8)12-2/h6-7,16H,8H2,1-5H3;5-7H,3-4,11H2,1-2H3. The highest BCUT2D eigenvalue weighted by Gasteiger charge is 2.21. The maximum absolute atomic E-state index is 11.8. The molecule has 32 heavy (non-hydrogen) atoms. The molecule has 0 aliphatic heterocycles. The number of hydrogen-bond donors (Lipinski definition) is 2. The van der Waals surface area contributed by atoms with E-state index in [1.807, 2.05) is 25.1 Å². The highest BCUT2D eigenvalue weighted by Crippen LogP contribution is 2.22. The monoisotopic (exact) mass is 462 g/mol. The number of anilines is 1. The number of aryl methyl sites for hydroxylation is 2. The molecule has 0 bridgehead atoms. The smallest absolute Gasteiger partial charge is 0.410 e. The summed E-state index contributed by atoms with van der Waals surface area (Å²) in [5.74, 6) is 0.900. The SMILES string of the molecule is CCCc1ccc(N)cc1OC.Cc1cc(Cl)ncc1C(=N)CN(C)C(=O)OC(C)(C)C. The lowest BCUT2D eigenvalue weighted by Gasteiger charge is -2.25. The Labute approximate surface area is 196 Å². The molecule has 7 nitrogen and oxygen atoms in total. The van der Waals surface area contributed by atoms with E-state index in [1.165, 1.54) is 10.5 Å². The third-order valence-electron chi connectivity index (χ3n) is 4.33. The number of aromatic nitrogens is 1. The lowest BCUT2D eigenvalue weighted by atomic mass is 10.1. The minimum Gasteiger partial charge on any atom is -0.496 e. The van der Waals surface area contributed by atoms with Crippen molar-refractivity contribution < 1.29 is 14.3 Å². The van der Waals surface area contributed by atoms with Gasteiger partial charge in [-0.05, 0) is 57.4 Å². The third-order valence-corrected chi connectivity index (χ3v) is 4.54. The Morgan fingerprint density at radius 3 is 2.47 bits per heavy atom. The number of rotatable bonds is 6. The molecule has 0 aliphatic carbocycles. The van der Waals surface area contributed by atoms with Crippen molar-refractivity contribution in [2.45, 2.75) is 53.1 Å². The lowest BCUT2D eigenvalue weighted by Crippen LogP contribution is -2.37. The van der Waals surface area contributed by atoms with Crippen molar-refractivity contribution in [1.29, 1.82) is 5.41 Å². The number of likely N-dealkylation sites (N-methyl/N-ethyl adjacent to an activating group) is 1. The Bertz CT molecular complexity index is 926. The summed E-state index contributed by atoms with van der Waals surface area (Å²) in [5, 5.41) is 8.45. The van der Waals surface area contributed by atoms with Crippen LogP contribution in [-0.4, -0.2) is 48.0 Å². The molecule has 0 saturated carbocycles. The van der Waals surface area contributed by atoms with Crippen molar-refractivity contribution in [2.24, 2.45) is 0 Å². The molecule has 176 valence electrons. The first-order chi connectivity index (χ1) is 14.9. The average Bonchev–Trinajstić information content (AvgIpc) is 2.68. The Kier molecular flexibility index (Phi) is 10.5. The van der Waals surface area contributed by atoms with Crippen molar-refractivity contribution in [3.8, 4) is 5.75 Å². The van der Waals surface area contributed by atoms with Gasteiger partial charge in [0, 0.05) is 30.6 Å². The van der Waals surface area contributed by atoms with Gasteiger partial charge >= 0.3 is 6.09 Å². The zero-order chi connectivity index (χ0) is 24.5. The summed E-state index contributed by atoms with van der Waals surface area (Å²) in [5.41, 5.74) is 8.87. The van der Waals surface area contributed by atoms with Gasteiger partial charge in [0.25, 0.3) is 0 Å². The molecular formula is C24H35ClN4O3. The zero-order valence-electron chi connectivity index (χ0n) is 20.1. The van der Waals surface area contributed by atoms with Crippen LogP contribution in [0.5, 0.6) is 5.75 Å². The van der Waals surface area contributed by atoms with Gasteiger partial charge < -0.3 is 25.5 Å². The second-order valence-corrected chi connectivity index (χ2v) is 8.85. The van der Waals surface area contributed by atoms with Crippen molar-refractivity contribution in [1.82, 2.24) is 9.88 Å². The number of nitrogens with two attached hydrogens (primary N) is 1. The number of nitrogens with one attached hydrogen (secondary N) is 1. The maximum Gasteiger partial charge on any atom is 0.410 e. The molecule has 1 heterocycles. The minimum absolute atomic E-state index is 0.152. The minimum atomic E-state index is -0.550. The van der Waals surface area contributed by atoms with E-state index in [4.69, 9.17) is 32.2 Å². The Morgan fingerprint density at radius 1 is 1.28 bits per heavy atom. The van der Waals surface area contributed by atoms with E-state index in [0.29, 0.717) is 16.4 Å². The van der Waals surface area contributed by atoms with Crippen LogP contribution in [0.3, 0.4) is 0 Å². The van der Waals surface area contributed by atoms with E-state index in [9.17, 15) is 4.79 Å². The highest BCUT2D eigenvalue weighted by molar-refractivity contribution is 6.29. The molecular weight excluding hydrogens is 428 g/mol. The van der Waals surface area contributed by atoms with Crippen LogP contribution < -0.4 is 10.5 Å². The van der Waals surface area contributed by atoms with Gasteiger partial charge in [0.05, 0.1) is 19.4 Å². The molecule has 0 unspecified atom stereocenters. The second kappa shape index (κ2) is 12.3. The number of carbonyl (C=O) groups is 1. The predicted octanol–water partition coefficient (Wildman–Crippen LogP) is 5.51. The van der Waals surface area contributed by atoms with Gasteiger partial charge in [-0.3, -0.25) is 0 Å². The largest absolute Gasteiger partial charge is 0.496 e. The topological polar surface area (TPSA) is 102 Å². The van der Waals surface area contributed by atoms with Gasteiger partial charge in [-0.25, -0.2) is 9.78 Å². The number of methoxy groups -OCH3 is 1. The van der Waals surface area contributed by atoms with Crippen molar-refractivity contribution >= 4 is 29.1 Å². The number of ether oxygens (including phenoxy) is 2. The van der Waals surface area contributed by atoms with Gasteiger partial charge in [0.1, 0.15) is 16.5 Å². The molecule has 0 atom stereocenters. The predicted molar refractivity (Wildman–Crippen MR) is 131 cm³/mol. The molecule has 1 amide bonds. The number of pyridine rings is 1. The number of nitrogen functional groups attached to an aromatic ring is 1. The first-order valence-electron chi connectivity index (χ1n) is 10.4. The fourth-order valence-electron chi connectivity index (χ4n) is 2.80. The third kappa shape index (κ3) is 9.14. The van der Waals surface area contributed by atoms with Crippen LogP contribution in [0.1, 0.15) is 50.8 Å². The van der Waals surface area contributed by atoms with Gasteiger partial charge in [0.2, 0.25) is 0 Å². The van der Waals surface area contributed by atoms with Gasteiger partial charge in [-0.2, -0.15) is 0 Å². The average molecular weight is 463 g/mol. The van der Waals surface area contributed by atoms with Crippen LogP contribution in [0.25, 0.3) is 0 Å². The maximum atomic E-state index is 11.8. The van der Waals surface area contributed by atoms with E-state index in [1.54, 1.807) is 47.2 Å². The van der Waals surface area contributed by atoms with Crippen LogP contribution in [-0.2, 0) is 11.2 Å². The molecule has 0 spiro atoms.